The first-order chi connectivity index (χ1) is 13.4. The van der Waals surface area contributed by atoms with Gasteiger partial charge in [0, 0.05) is 13.5 Å². The van der Waals surface area contributed by atoms with Crippen LogP contribution in [-0.4, -0.2) is 45.1 Å². The molecular formula is C19H21Cl2N4O3+. The molecule has 28 heavy (non-hydrogen) atoms. The summed E-state index contributed by atoms with van der Waals surface area (Å²) in [5.74, 6) is -0.686. The number of benzene rings is 1. The molecule has 0 saturated heterocycles. The number of carbonyl (C=O) groups is 2. The Kier molecular flexibility index (Phi) is 6.17. The molecule has 3 rings (SSSR count). The van der Waals surface area contributed by atoms with Gasteiger partial charge in [-0.2, -0.15) is 9.67 Å². The number of esters is 1. The minimum Gasteiger partial charge on any atom is -0.461 e. The third-order valence-corrected chi connectivity index (χ3v) is 5.29. The van der Waals surface area contributed by atoms with E-state index >= 15 is 0 Å². The van der Waals surface area contributed by atoms with Crippen LogP contribution in [0.5, 0.6) is 0 Å². The molecule has 0 aliphatic carbocycles. The molecular weight excluding hydrogens is 403 g/mol. The summed E-state index contributed by atoms with van der Waals surface area (Å²) in [7, 11) is 0. The van der Waals surface area contributed by atoms with E-state index in [2.05, 4.69) is 5.10 Å². The first-order valence-corrected chi connectivity index (χ1v) is 9.68. The van der Waals surface area contributed by atoms with Gasteiger partial charge in [-0.3, -0.25) is 4.68 Å². The minimum absolute atomic E-state index is 0.219. The van der Waals surface area contributed by atoms with Gasteiger partial charge in [0.05, 0.1) is 46.4 Å². The molecule has 1 amide bonds. The maximum atomic E-state index is 13.1. The fourth-order valence-electron chi connectivity index (χ4n) is 3.23. The fraction of sp³-hybridized carbons (Fsp3) is 0.368. The van der Waals surface area contributed by atoms with Gasteiger partial charge in [-0.15, -0.1) is 0 Å². The molecule has 0 radical (unpaired) electrons. The zero-order valence-electron chi connectivity index (χ0n) is 15.7. The first-order valence-electron chi connectivity index (χ1n) is 8.92. The Morgan fingerprint density at radius 2 is 2.07 bits per heavy atom. The Labute approximate surface area is 172 Å². The molecule has 0 bridgehead atoms. The Balaban J connectivity index is 2.00. The van der Waals surface area contributed by atoms with Crippen molar-refractivity contribution in [2.24, 2.45) is 5.73 Å². The maximum absolute atomic E-state index is 13.1. The summed E-state index contributed by atoms with van der Waals surface area (Å²) in [6, 6.07) is 4.76. The van der Waals surface area contributed by atoms with E-state index in [9.17, 15) is 9.59 Å². The van der Waals surface area contributed by atoms with Gasteiger partial charge in [-0.1, -0.05) is 23.2 Å². The van der Waals surface area contributed by atoms with Gasteiger partial charge in [-0.25, -0.2) is 9.59 Å². The summed E-state index contributed by atoms with van der Waals surface area (Å²) in [6.45, 7) is 4.80. The minimum atomic E-state index is -0.466. The average molecular weight is 424 g/mol. The predicted octanol–water partition coefficient (Wildman–Crippen LogP) is 2.70. The third kappa shape index (κ3) is 3.83. The van der Waals surface area contributed by atoms with Crippen LogP contribution in [-0.2, 0) is 24.2 Å². The normalized spacial score (nSPS) is 13.5. The van der Waals surface area contributed by atoms with Crippen LogP contribution in [0.15, 0.2) is 18.2 Å². The van der Waals surface area contributed by atoms with Crippen LogP contribution in [0.4, 0.5) is 0 Å². The highest BCUT2D eigenvalue weighted by atomic mass is 35.5. The molecule has 1 aliphatic heterocycles. The van der Waals surface area contributed by atoms with E-state index < -0.39 is 5.97 Å². The van der Waals surface area contributed by atoms with E-state index in [4.69, 9.17) is 33.7 Å². The van der Waals surface area contributed by atoms with E-state index in [1.807, 2.05) is 6.92 Å². The first kappa shape index (κ1) is 20.5. The highest BCUT2D eigenvalue weighted by Gasteiger charge is 2.36. The average Bonchev–Trinajstić information content (AvgIpc) is 3.00. The number of fused-ring (bicyclic) bond motifs is 1. The van der Waals surface area contributed by atoms with Crippen LogP contribution in [0.3, 0.4) is 0 Å². The van der Waals surface area contributed by atoms with Crippen LogP contribution >= 0.6 is 23.2 Å². The number of nitrogens with zero attached hydrogens (tertiary/aromatic N) is 3. The number of nitrogens with two attached hydrogens (primary N) is 1. The van der Waals surface area contributed by atoms with Gasteiger partial charge in [0.15, 0.2) is 18.0 Å². The number of ether oxygens (including phenoxy) is 1. The topological polar surface area (TPSA) is 90.2 Å². The smallest absolute Gasteiger partial charge is 0.419 e. The Morgan fingerprint density at radius 3 is 2.71 bits per heavy atom. The molecule has 9 heteroatoms. The third-order valence-electron chi connectivity index (χ3n) is 4.56. The quantitative estimate of drug-likeness (QED) is 0.589. The standard InChI is InChI=1S/C19H21Cl2N4O3/c1-3-28-19(27)17-13-10-24(11(2)8-16(13)23-25(17)7-6-22)18(26)12-4-5-14(20)15(21)9-12/h4-5,9H,3,6-8,10,22H2,1-2H3/q+1. The van der Waals surface area contributed by atoms with Gasteiger partial charge >= 0.3 is 11.9 Å². The second-order valence-electron chi connectivity index (χ2n) is 6.44. The lowest BCUT2D eigenvalue weighted by molar-refractivity contribution is -0.449. The van der Waals surface area contributed by atoms with Crippen molar-refractivity contribution < 1.29 is 18.9 Å². The molecule has 2 aromatic rings. The van der Waals surface area contributed by atoms with Crippen molar-refractivity contribution in [1.82, 2.24) is 9.78 Å². The van der Waals surface area contributed by atoms with Crippen LogP contribution in [0.25, 0.3) is 0 Å². The number of hydrogen-bond donors (Lipinski definition) is 1. The molecule has 148 valence electrons. The van der Waals surface area contributed by atoms with Crippen LogP contribution in [0.1, 0.15) is 46.0 Å². The van der Waals surface area contributed by atoms with E-state index in [-0.39, 0.29) is 19.1 Å². The van der Waals surface area contributed by atoms with Crippen molar-refractivity contribution >= 4 is 40.8 Å². The highest BCUT2D eigenvalue weighted by Crippen LogP contribution is 2.26. The maximum Gasteiger partial charge on any atom is 0.419 e. The zero-order chi connectivity index (χ0) is 20.4. The number of hydrogen-bond acceptors (Lipinski definition) is 5. The monoisotopic (exact) mass is 423 g/mol. The van der Waals surface area contributed by atoms with Crippen molar-refractivity contribution in [2.45, 2.75) is 33.4 Å². The van der Waals surface area contributed by atoms with Crippen molar-refractivity contribution in [3.05, 3.63) is 50.8 Å². The molecule has 1 aromatic carbocycles. The lowest BCUT2D eigenvalue weighted by Crippen LogP contribution is -2.32. The summed E-state index contributed by atoms with van der Waals surface area (Å²) in [5, 5.41) is 5.22. The number of rotatable bonds is 5. The van der Waals surface area contributed by atoms with Crippen molar-refractivity contribution in [1.29, 1.82) is 0 Å². The number of halogens is 2. The van der Waals surface area contributed by atoms with Crippen LogP contribution in [0.2, 0.25) is 10.0 Å². The number of carbonyl (C=O) groups excluding carboxylic acids is 2. The van der Waals surface area contributed by atoms with Gasteiger partial charge < -0.3 is 10.5 Å². The molecule has 0 fully saturated rings. The zero-order valence-corrected chi connectivity index (χ0v) is 17.2. The SMILES string of the molecule is CCOC(=O)c1c2c(nn1CCN)CC(C)=[N+](C(=O)c1ccc(Cl)c(Cl)c1)C2. The molecule has 0 atom stereocenters. The van der Waals surface area contributed by atoms with Crippen molar-refractivity contribution in [2.75, 3.05) is 13.2 Å². The molecule has 0 unspecified atom stereocenters. The predicted molar refractivity (Wildman–Crippen MR) is 106 cm³/mol. The lowest BCUT2D eigenvalue weighted by Gasteiger charge is -2.12. The summed E-state index contributed by atoms with van der Waals surface area (Å²) in [6.07, 6.45) is 0.451. The summed E-state index contributed by atoms with van der Waals surface area (Å²) in [4.78, 5) is 25.6. The van der Waals surface area contributed by atoms with Gasteiger partial charge in [0.25, 0.3) is 0 Å². The van der Waals surface area contributed by atoms with Gasteiger partial charge in [0.1, 0.15) is 0 Å². The Morgan fingerprint density at radius 1 is 1.32 bits per heavy atom. The summed E-state index contributed by atoms with van der Waals surface area (Å²) >= 11 is 12.0. The second-order valence-corrected chi connectivity index (χ2v) is 7.25. The number of aromatic nitrogens is 2. The Bertz CT molecular complexity index is 982. The van der Waals surface area contributed by atoms with Crippen LogP contribution in [0, 0.1) is 0 Å². The molecule has 2 N–H and O–H groups in total. The molecule has 7 nitrogen and oxygen atoms in total. The van der Waals surface area contributed by atoms with E-state index in [0.717, 1.165) is 11.4 Å². The molecule has 0 spiro atoms. The molecule has 1 aliphatic rings. The van der Waals surface area contributed by atoms with E-state index in [0.29, 0.717) is 46.4 Å². The van der Waals surface area contributed by atoms with E-state index in [1.165, 1.54) is 0 Å². The summed E-state index contributed by atoms with van der Waals surface area (Å²) in [5.41, 5.74) is 8.70. The van der Waals surface area contributed by atoms with E-state index in [1.54, 1.807) is 34.4 Å². The van der Waals surface area contributed by atoms with Gasteiger partial charge in [0.2, 0.25) is 0 Å². The molecule has 1 aromatic heterocycles. The highest BCUT2D eigenvalue weighted by molar-refractivity contribution is 6.42. The number of amides is 1. The molecule has 2 heterocycles. The largest absolute Gasteiger partial charge is 0.461 e. The molecule has 0 saturated carbocycles. The second kappa shape index (κ2) is 8.43. The fourth-order valence-corrected chi connectivity index (χ4v) is 3.53. The summed E-state index contributed by atoms with van der Waals surface area (Å²) < 4.78 is 8.39. The van der Waals surface area contributed by atoms with Crippen molar-refractivity contribution in [3.63, 3.8) is 0 Å². The Hall–Kier alpha value is -2.22. The lowest BCUT2D eigenvalue weighted by atomic mass is 10.0. The van der Waals surface area contributed by atoms with Gasteiger partial charge in [-0.05, 0) is 25.1 Å². The van der Waals surface area contributed by atoms with Crippen LogP contribution < -0.4 is 5.73 Å². The van der Waals surface area contributed by atoms with Crippen molar-refractivity contribution in [3.8, 4) is 0 Å².